The molecule has 0 saturated heterocycles. The van der Waals surface area contributed by atoms with Gasteiger partial charge in [0.1, 0.15) is 6.33 Å². The molecule has 0 saturated carbocycles. The highest BCUT2D eigenvalue weighted by Crippen LogP contribution is 2.25. The highest BCUT2D eigenvalue weighted by molar-refractivity contribution is 7.99. The number of thioether (sulfide) groups is 1. The van der Waals surface area contributed by atoms with Crippen molar-refractivity contribution < 1.29 is 4.79 Å². The average molecular weight is 401 g/mol. The molecule has 1 heterocycles. The fraction of sp³-hybridized carbons (Fsp3) is 0.250. The maximum absolute atomic E-state index is 12.6. The lowest BCUT2D eigenvalue weighted by atomic mass is 10.1. The summed E-state index contributed by atoms with van der Waals surface area (Å²) in [4.78, 5) is 14.4. The Morgan fingerprint density at radius 1 is 1.26 bits per heavy atom. The standard InChI is InChI=1S/C20H21ClN4OS/c1-14-9-10-17(11-18(14)21)25-13-22-23-20(25)27-12-19(26)24(3)15(2)16-7-5-4-6-8-16/h4-11,13,15H,12H2,1-3H3/t15-/m1/s1. The van der Waals surface area contributed by atoms with Crippen LogP contribution in [0.25, 0.3) is 5.69 Å². The first kappa shape index (κ1) is 19.5. The zero-order valence-corrected chi connectivity index (χ0v) is 17.0. The van der Waals surface area contributed by atoms with Crippen LogP contribution in [0.15, 0.2) is 60.0 Å². The number of aryl methyl sites for hydroxylation is 1. The first-order chi connectivity index (χ1) is 13.0. The Kier molecular flexibility index (Phi) is 6.19. The molecular weight excluding hydrogens is 380 g/mol. The minimum Gasteiger partial charge on any atom is -0.338 e. The largest absolute Gasteiger partial charge is 0.338 e. The summed E-state index contributed by atoms with van der Waals surface area (Å²) in [6, 6.07) is 15.8. The number of carbonyl (C=O) groups is 1. The predicted molar refractivity (Wildman–Crippen MR) is 109 cm³/mol. The lowest BCUT2D eigenvalue weighted by Crippen LogP contribution is -2.31. The number of halogens is 1. The van der Waals surface area contributed by atoms with Gasteiger partial charge in [0.2, 0.25) is 5.91 Å². The molecule has 0 radical (unpaired) electrons. The SMILES string of the molecule is Cc1ccc(-n2cnnc2SCC(=O)N(C)[C@H](C)c2ccccc2)cc1Cl. The highest BCUT2D eigenvalue weighted by Gasteiger charge is 2.18. The molecule has 0 aliphatic rings. The van der Waals surface area contributed by atoms with E-state index in [0.717, 1.165) is 16.8 Å². The molecule has 3 rings (SSSR count). The van der Waals surface area contributed by atoms with Crippen molar-refractivity contribution in [3.63, 3.8) is 0 Å². The van der Waals surface area contributed by atoms with E-state index in [1.54, 1.807) is 11.2 Å². The summed E-state index contributed by atoms with van der Waals surface area (Å²) in [5.41, 5.74) is 2.99. The van der Waals surface area contributed by atoms with Crippen molar-refractivity contribution in [3.05, 3.63) is 71.0 Å². The summed E-state index contributed by atoms with van der Waals surface area (Å²) in [5, 5.41) is 9.46. The summed E-state index contributed by atoms with van der Waals surface area (Å²) in [6.45, 7) is 3.98. The number of hydrogen-bond donors (Lipinski definition) is 0. The lowest BCUT2D eigenvalue weighted by molar-refractivity contribution is -0.128. The molecule has 0 N–H and O–H groups in total. The van der Waals surface area contributed by atoms with E-state index >= 15 is 0 Å². The first-order valence-electron chi connectivity index (χ1n) is 8.57. The molecule has 0 bridgehead atoms. The van der Waals surface area contributed by atoms with Gasteiger partial charge < -0.3 is 4.90 Å². The average Bonchev–Trinajstić information content (AvgIpc) is 3.16. The number of rotatable bonds is 6. The summed E-state index contributed by atoms with van der Waals surface area (Å²) in [5.74, 6) is 0.319. The van der Waals surface area contributed by atoms with Crippen LogP contribution in [-0.2, 0) is 4.79 Å². The Morgan fingerprint density at radius 2 is 2.00 bits per heavy atom. The molecule has 140 valence electrons. The zero-order valence-electron chi connectivity index (χ0n) is 15.5. The van der Waals surface area contributed by atoms with Gasteiger partial charge in [0.15, 0.2) is 5.16 Å². The van der Waals surface area contributed by atoms with E-state index in [1.807, 2.05) is 74.0 Å². The quantitative estimate of drug-likeness (QED) is 0.570. The Labute approximate surface area is 168 Å². The Bertz CT molecular complexity index is 929. The van der Waals surface area contributed by atoms with Gasteiger partial charge in [0.25, 0.3) is 0 Å². The molecule has 1 atom stereocenters. The fourth-order valence-electron chi connectivity index (χ4n) is 2.63. The molecule has 0 fully saturated rings. The maximum atomic E-state index is 12.6. The Balaban J connectivity index is 1.68. The third-order valence-corrected chi connectivity index (χ3v) is 5.87. The molecular formula is C20H21ClN4OS. The number of hydrogen-bond acceptors (Lipinski definition) is 4. The summed E-state index contributed by atoms with van der Waals surface area (Å²) in [6.07, 6.45) is 1.63. The van der Waals surface area contributed by atoms with Crippen molar-refractivity contribution >= 4 is 29.3 Å². The van der Waals surface area contributed by atoms with Crippen LogP contribution < -0.4 is 0 Å². The van der Waals surface area contributed by atoms with Crippen LogP contribution in [-0.4, -0.2) is 38.4 Å². The molecule has 1 amide bonds. The molecule has 0 aliphatic heterocycles. The van der Waals surface area contributed by atoms with Gasteiger partial charge in [-0.25, -0.2) is 0 Å². The van der Waals surface area contributed by atoms with Gasteiger partial charge in [-0.2, -0.15) is 0 Å². The van der Waals surface area contributed by atoms with Gasteiger partial charge in [-0.3, -0.25) is 9.36 Å². The van der Waals surface area contributed by atoms with E-state index in [9.17, 15) is 4.79 Å². The predicted octanol–water partition coefficient (Wildman–Crippen LogP) is 4.54. The van der Waals surface area contributed by atoms with E-state index in [-0.39, 0.29) is 17.7 Å². The Hall–Kier alpha value is -2.31. The van der Waals surface area contributed by atoms with Gasteiger partial charge in [-0.05, 0) is 37.1 Å². The summed E-state index contributed by atoms with van der Waals surface area (Å²) in [7, 11) is 1.82. The zero-order chi connectivity index (χ0) is 19.4. The molecule has 2 aromatic carbocycles. The van der Waals surface area contributed by atoms with Crippen molar-refractivity contribution in [2.24, 2.45) is 0 Å². The third kappa shape index (κ3) is 4.51. The third-order valence-electron chi connectivity index (χ3n) is 4.53. The van der Waals surface area contributed by atoms with Crippen LogP contribution in [0, 0.1) is 6.92 Å². The summed E-state index contributed by atoms with van der Waals surface area (Å²) < 4.78 is 1.84. The van der Waals surface area contributed by atoms with E-state index in [1.165, 1.54) is 11.8 Å². The van der Waals surface area contributed by atoms with Crippen molar-refractivity contribution in [2.75, 3.05) is 12.8 Å². The molecule has 7 heteroatoms. The van der Waals surface area contributed by atoms with Crippen LogP contribution in [0.1, 0.15) is 24.1 Å². The smallest absolute Gasteiger partial charge is 0.233 e. The second-order valence-corrected chi connectivity index (χ2v) is 7.65. The monoisotopic (exact) mass is 400 g/mol. The number of aromatic nitrogens is 3. The molecule has 0 spiro atoms. The van der Waals surface area contributed by atoms with Gasteiger partial charge in [0, 0.05) is 12.1 Å². The lowest BCUT2D eigenvalue weighted by Gasteiger charge is -2.25. The van der Waals surface area contributed by atoms with Gasteiger partial charge in [-0.1, -0.05) is 59.8 Å². The van der Waals surface area contributed by atoms with Crippen LogP contribution in [0.3, 0.4) is 0 Å². The fourth-order valence-corrected chi connectivity index (χ4v) is 3.66. The van der Waals surface area contributed by atoms with Gasteiger partial charge in [0.05, 0.1) is 17.5 Å². The van der Waals surface area contributed by atoms with Gasteiger partial charge in [-0.15, -0.1) is 10.2 Å². The van der Waals surface area contributed by atoms with Crippen LogP contribution in [0.5, 0.6) is 0 Å². The van der Waals surface area contributed by atoms with Crippen molar-refractivity contribution in [2.45, 2.75) is 25.0 Å². The molecule has 5 nitrogen and oxygen atoms in total. The normalized spacial score (nSPS) is 12.0. The minimum absolute atomic E-state index is 0.00748. The molecule has 3 aromatic rings. The van der Waals surface area contributed by atoms with Crippen molar-refractivity contribution in [1.29, 1.82) is 0 Å². The number of nitrogens with zero attached hydrogens (tertiary/aromatic N) is 4. The number of benzene rings is 2. The van der Waals surface area contributed by atoms with E-state index in [4.69, 9.17) is 11.6 Å². The molecule has 0 unspecified atom stereocenters. The minimum atomic E-state index is 0.00748. The summed E-state index contributed by atoms with van der Waals surface area (Å²) >= 11 is 7.59. The maximum Gasteiger partial charge on any atom is 0.233 e. The van der Waals surface area contributed by atoms with Gasteiger partial charge >= 0.3 is 0 Å². The van der Waals surface area contributed by atoms with E-state index in [2.05, 4.69) is 10.2 Å². The highest BCUT2D eigenvalue weighted by atomic mass is 35.5. The second-order valence-electron chi connectivity index (χ2n) is 6.30. The number of amides is 1. The van der Waals surface area contributed by atoms with Crippen LogP contribution in [0.4, 0.5) is 0 Å². The molecule has 27 heavy (non-hydrogen) atoms. The second kappa shape index (κ2) is 8.59. The van der Waals surface area contributed by atoms with Crippen molar-refractivity contribution in [3.8, 4) is 5.69 Å². The van der Waals surface area contributed by atoms with Crippen LogP contribution >= 0.6 is 23.4 Å². The number of carbonyl (C=O) groups excluding carboxylic acids is 1. The van der Waals surface area contributed by atoms with E-state index < -0.39 is 0 Å². The molecule has 1 aromatic heterocycles. The molecule has 0 aliphatic carbocycles. The van der Waals surface area contributed by atoms with E-state index in [0.29, 0.717) is 10.2 Å². The van der Waals surface area contributed by atoms with Crippen molar-refractivity contribution in [1.82, 2.24) is 19.7 Å². The Morgan fingerprint density at radius 3 is 2.70 bits per heavy atom. The topological polar surface area (TPSA) is 51.0 Å². The first-order valence-corrected chi connectivity index (χ1v) is 9.93. The van der Waals surface area contributed by atoms with Crippen LogP contribution in [0.2, 0.25) is 5.02 Å².